The van der Waals surface area contributed by atoms with Crippen molar-refractivity contribution in [2.45, 2.75) is 57.5 Å². The maximum absolute atomic E-state index is 3.85. The Morgan fingerprint density at radius 1 is 1.00 bits per heavy atom. The van der Waals surface area contributed by atoms with Crippen LogP contribution in [0, 0.1) is 17.8 Å². The van der Waals surface area contributed by atoms with Crippen LogP contribution < -0.4 is 5.32 Å². The molecule has 1 nitrogen and oxygen atoms in total. The fraction of sp³-hybridized carbons (Fsp3) is 1.00. The highest BCUT2D eigenvalue weighted by Gasteiger charge is 2.43. The molecule has 0 bridgehead atoms. The second-order valence-corrected chi connectivity index (χ2v) is 5.63. The molecule has 0 saturated heterocycles. The molecule has 0 amide bonds. The normalized spacial score (nSPS) is 49.6. The Hall–Kier alpha value is -0.0400. The molecule has 3 aliphatic carbocycles. The summed E-state index contributed by atoms with van der Waals surface area (Å²) in [4.78, 5) is 0. The summed E-state index contributed by atoms with van der Waals surface area (Å²) in [5.41, 5.74) is 0. The van der Waals surface area contributed by atoms with Crippen molar-refractivity contribution in [2.75, 3.05) is 0 Å². The third-order valence-corrected chi connectivity index (χ3v) is 4.38. The van der Waals surface area contributed by atoms with Gasteiger partial charge in [0, 0.05) is 12.1 Å². The Balaban J connectivity index is 1.45. The summed E-state index contributed by atoms with van der Waals surface area (Å²) in [5.74, 6) is 3.21. The van der Waals surface area contributed by atoms with Crippen LogP contribution in [0.15, 0.2) is 0 Å². The highest BCUT2D eigenvalue weighted by Crippen LogP contribution is 2.47. The van der Waals surface area contributed by atoms with E-state index in [0.29, 0.717) is 0 Å². The first-order valence-corrected chi connectivity index (χ1v) is 6.09. The molecule has 0 aromatic heterocycles. The molecule has 1 heteroatoms. The van der Waals surface area contributed by atoms with Gasteiger partial charge in [-0.15, -0.1) is 0 Å². The van der Waals surface area contributed by atoms with Gasteiger partial charge in [0.2, 0.25) is 0 Å². The van der Waals surface area contributed by atoms with Crippen LogP contribution in [-0.4, -0.2) is 12.1 Å². The smallest absolute Gasteiger partial charge is 0.0101 e. The van der Waals surface area contributed by atoms with Crippen LogP contribution >= 0.6 is 0 Å². The minimum Gasteiger partial charge on any atom is -0.311 e. The summed E-state index contributed by atoms with van der Waals surface area (Å²) in [5, 5.41) is 3.85. The first-order valence-electron chi connectivity index (χ1n) is 6.09. The van der Waals surface area contributed by atoms with Gasteiger partial charge in [0.05, 0.1) is 0 Å². The van der Waals surface area contributed by atoms with E-state index < -0.39 is 0 Å². The van der Waals surface area contributed by atoms with Gasteiger partial charge in [-0.05, 0) is 56.3 Å². The standard InChI is InChI=1S/C12H21N/c1-8-6-10(7-8)13-12-5-4-11(12)9-2-3-9/h8-13H,2-7H2,1H3. The van der Waals surface area contributed by atoms with Gasteiger partial charge in [0.1, 0.15) is 0 Å². The van der Waals surface area contributed by atoms with Gasteiger partial charge in [0.15, 0.2) is 0 Å². The Morgan fingerprint density at radius 3 is 2.23 bits per heavy atom. The average molecular weight is 179 g/mol. The lowest BCUT2D eigenvalue weighted by Crippen LogP contribution is -2.53. The van der Waals surface area contributed by atoms with E-state index in [2.05, 4.69) is 12.2 Å². The number of nitrogens with one attached hydrogen (secondary N) is 1. The zero-order valence-electron chi connectivity index (χ0n) is 8.63. The Morgan fingerprint density at radius 2 is 1.77 bits per heavy atom. The Bertz CT molecular complexity index is 191. The molecule has 13 heavy (non-hydrogen) atoms. The second-order valence-electron chi connectivity index (χ2n) is 5.63. The molecule has 0 aromatic carbocycles. The highest BCUT2D eigenvalue weighted by atomic mass is 15.0. The van der Waals surface area contributed by atoms with E-state index >= 15 is 0 Å². The Kier molecular flexibility index (Phi) is 1.90. The minimum absolute atomic E-state index is 0.890. The Labute approximate surface area is 81.3 Å². The van der Waals surface area contributed by atoms with Crippen molar-refractivity contribution >= 4 is 0 Å². The molecule has 1 N–H and O–H groups in total. The lowest BCUT2D eigenvalue weighted by Gasteiger charge is -2.44. The topological polar surface area (TPSA) is 12.0 Å². The molecule has 0 aromatic rings. The van der Waals surface area contributed by atoms with Gasteiger partial charge in [-0.3, -0.25) is 0 Å². The third-order valence-electron chi connectivity index (χ3n) is 4.38. The van der Waals surface area contributed by atoms with Gasteiger partial charge >= 0.3 is 0 Å². The molecule has 0 radical (unpaired) electrons. The SMILES string of the molecule is CC1CC(NC2CCC2C2CC2)C1. The van der Waals surface area contributed by atoms with Crippen LogP contribution in [0.5, 0.6) is 0 Å². The summed E-state index contributed by atoms with van der Waals surface area (Å²) in [6, 6.07) is 1.81. The van der Waals surface area contributed by atoms with Gasteiger partial charge in [-0.1, -0.05) is 6.92 Å². The quantitative estimate of drug-likeness (QED) is 0.702. The molecule has 0 heterocycles. The summed E-state index contributed by atoms with van der Waals surface area (Å²) in [6.45, 7) is 2.37. The van der Waals surface area contributed by atoms with Crippen LogP contribution in [0.2, 0.25) is 0 Å². The van der Waals surface area contributed by atoms with Crippen molar-refractivity contribution in [3.63, 3.8) is 0 Å². The van der Waals surface area contributed by atoms with Gasteiger partial charge < -0.3 is 5.32 Å². The fourth-order valence-electron chi connectivity index (χ4n) is 3.16. The molecule has 3 saturated carbocycles. The van der Waals surface area contributed by atoms with Crippen LogP contribution in [0.3, 0.4) is 0 Å². The van der Waals surface area contributed by atoms with E-state index in [9.17, 15) is 0 Å². The van der Waals surface area contributed by atoms with Crippen molar-refractivity contribution in [1.82, 2.24) is 5.32 Å². The first-order chi connectivity index (χ1) is 6.33. The van der Waals surface area contributed by atoms with Crippen molar-refractivity contribution in [2.24, 2.45) is 17.8 Å². The minimum atomic E-state index is 0.890. The third kappa shape index (κ3) is 1.52. The van der Waals surface area contributed by atoms with E-state index in [-0.39, 0.29) is 0 Å². The number of hydrogen-bond donors (Lipinski definition) is 1. The molecule has 2 unspecified atom stereocenters. The highest BCUT2D eigenvalue weighted by molar-refractivity contribution is 4.98. The van der Waals surface area contributed by atoms with E-state index in [0.717, 1.165) is 29.8 Å². The summed E-state index contributed by atoms with van der Waals surface area (Å²) < 4.78 is 0. The largest absolute Gasteiger partial charge is 0.311 e. The predicted molar refractivity (Wildman–Crippen MR) is 54.6 cm³/mol. The molecule has 74 valence electrons. The molecule has 3 fully saturated rings. The zero-order chi connectivity index (χ0) is 8.84. The van der Waals surface area contributed by atoms with Gasteiger partial charge in [-0.2, -0.15) is 0 Å². The van der Waals surface area contributed by atoms with E-state index in [4.69, 9.17) is 0 Å². The van der Waals surface area contributed by atoms with Gasteiger partial charge in [0.25, 0.3) is 0 Å². The fourth-order valence-corrected chi connectivity index (χ4v) is 3.16. The molecule has 3 rings (SSSR count). The lowest BCUT2D eigenvalue weighted by molar-refractivity contribution is 0.126. The molecular formula is C12H21N. The maximum atomic E-state index is 3.85. The first kappa shape index (κ1) is 8.28. The maximum Gasteiger partial charge on any atom is 0.0101 e. The predicted octanol–water partition coefficient (Wildman–Crippen LogP) is 2.56. The molecule has 2 atom stereocenters. The van der Waals surface area contributed by atoms with Crippen LogP contribution in [0.4, 0.5) is 0 Å². The average Bonchev–Trinajstić information content (AvgIpc) is 2.77. The van der Waals surface area contributed by atoms with E-state index in [1.54, 1.807) is 0 Å². The van der Waals surface area contributed by atoms with Crippen molar-refractivity contribution < 1.29 is 0 Å². The summed E-state index contributed by atoms with van der Waals surface area (Å²) >= 11 is 0. The number of rotatable bonds is 3. The molecule has 3 aliphatic rings. The van der Waals surface area contributed by atoms with Crippen molar-refractivity contribution in [1.29, 1.82) is 0 Å². The van der Waals surface area contributed by atoms with Crippen LogP contribution in [-0.2, 0) is 0 Å². The second kappa shape index (κ2) is 2.98. The van der Waals surface area contributed by atoms with Crippen molar-refractivity contribution in [3.8, 4) is 0 Å². The van der Waals surface area contributed by atoms with Crippen LogP contribution in [0.25, 0.3) is 0 Å². The molecular weight excluding hydrogens is 158 g/mol. The van der Waals surface area contributed by atoms with Crippen LogP contribution in [0.1, 0.15) is 45.4 Å². The number of hydrogen-bond acceptors (Lipinski definition) is 1. The monoisotopic (exact) mass is 179 g/mol. The van der Waals surface area contributed by atoms with E-state index in [1.165, 1.54) is 38.5 Å². The molecule has 0 aliphatic heterocycles. The summed E-state index contributed by atoms with van der Waals surface area (Å²) in [6.07, 6.45) is 8.92. The summed E-state index contributed by atoms with van der Waals surface area (Å²) in [7, 11) is 0. The zero-order valence-corrected chi connectivity index (χ0v) is 8.63. The van der Waals surface area contributed by atoms with Crippen molar-refractivity contribution in [3.05, 3.63) is 0 Å². The van der Waals surface area contributed by atoms with Gasteiger partial charge in [-0.25, -0.2) is 0 Å². The van der Waals surface area contributed by atoms with E-state index in [1.807, 2.05) is 0 Å². The molecule has 0 spiro atoms. The lowest BCUT2D eigenvalue weighted by atomic mass is 9.73.